The number of rotatable bonds is 27. The minimum absolute atomic E-state index is 0.00239. The van der Waals surface area contributed by atoms with Crippen LogP contribution in [0.2, 0.25) is 0 Å². The minimum atomic E-state index is -0.0375. The van der Waals surface area contributed by atoms with E-state index in [-0.39, 0.29) is 73.9 Å². The predicted molar refractivity (Wildman–Crippen MR) is 369 cm³/mol. The number of likely N-dealkylation sites (tertiary alicyclic amines) is 4. The van der Waals surface area contributed by atoms with Crippen LogP contribution < -0.4 is 29.8 Å². The molecule has 0 atom stereocenters. The van der Waals surface area contributed by atoms with Crippen molar-refractivity contribution in [3.8, 4) is 0 Å². The predicted octanol–water partition coefficient (Wildman–Crippen LogP) is 14.4. The molecule has 0 unspecified atom stereocenters. The van der Waals surface area contributed by atoms with Crippen molar-refractivity contribution in [3.63, 3.8) is 0 Å². The summed E-state index contributed by atoms with van der Waals surface area (Å²) in [6.45, 7) is 61.0. The highest BCUT2D eigenvalue weighted by molar-refractivity contribution is 5.50. The van der Waals surface area contributed by atoms with E-state index in [4.69, 9.17) is 29.9 Å². The molecule has 2 aromatic rings. The first-order valence-electron chi connectivity index (χ1n) is 34.7. The second-order valence-corrected chi connectivity index (χ2v) is 33.9. The van der Waals surface area contributed by atoms with Crippen molar-refractivity contribution in [3.05, 3.63) is 0 Å². The molecule has 0 aliphatic carbocycles. The van der Waals surface area contributed by atoms with Crippen molar-refractivity contribution >= 4 is 35.7 Å². The molecule has 494 valence electrons. The van der Waals surface area contributed by atoms with Gasteiger partial charge in [-0.05, 0) is 228 Å². The summed E-state index contributed by atoms with van der Waals surface area (Å²) in [4.78, 5) is 57.2. The summed E-state index contributed by atoms with van der Waals surface area (Å²) in [5, 5.41) is 3.90. The molecular formula is C70H134N16. The van der Waals surface area contributed by atoms with Crippen LogP contribution in [0.4, 0.5) is 35.7 Å². The molecule has 0 amide bonds. The lowest BCUT2D eigenvalue weighted by atomic mass is 9.77. The largest absolute Gasteiger partial charge is 0.354 e. The highest BCUT2D eigenvalue weighted by atomic mass is 15.4. The Morgan fingerprint density at radius 3 is 0.826 bits per heavy atom. The maximum absolute atomic E-state index is 5.75. The number of unbranched alkanes of at least 4 members (excludes halogenated alkanes) is 4. The Balaban J connectivity index is 1.47. The smallest absolute Gasteiger partial charge is 0.232 e. The lowest BCUT2D eigenvalue weighted by molar-refractivity contribution is -0.0135. The van der Waals surface area contributed by atoms with Gasteiger partial charge in [0, 0.05) is 114 Å². The molecule has 0 spiro atoms. The Labute approximate surface area is 529 Å². The first-order chi connectivity index (χ1) is 39.7. The fourth-order valence-electron chi connectivity index (χ4n) is 16.0. The lowest BCUT2D eigenvalue weighted by Crippen LogP contribution is -2.63. The van der Waals surface area contributed by atoms with E-state index in [0.717, 1.165) is 178 Å². The molecule has 6 heterocycles. The Morgan fingerprint density at radius 1 is 0.360 bits per heavy atom. The highest BCUT2D eigenvalue weighted by Gasteiger charge is 2.50. The van der Waals surface area contributed by atoms with Crippen molar-refractivity contribution in [1.82, 2.24) is 49.5 Å². The van der Waals surface area contributed by atoms with Crippen molar-refractivity contribution in [2.24, 2.45) is 5.41 Å². The molecule has 2 aromatic heterocycles. The summed E-state index contributed by atoms with van der Waals surface area (Å²) in [5.41, 5.74) is 0.00505. The third-order valence-electron chi connectivity index (χ3n) is 22.0. The van der Waals surface area contributed by atoms with Crippen molar-refractivity contribution < 1.29 is 0 Å². The molecular weight excluding hydrogens is 1060 g/mol. The standard InChI is InChI=1S/C70H134N16/c1-28-32-39-83(52-43-63(8,9)78(24)64(10,11)44-52)58-72-56(73-59(76-58)84(40-33-29-2)53-45-65(12,13)79(25)66(14,15)46-53)71-37-36-38-82(51-62(5,6)7)57-74-60(85(41-34-30-3)54-47-67(16,17)80(26)68(18,19)48-54)77-61(75-57)86(42-35-31-4)55-49-69(20,21)81(27)70(22,23)50-55/h52-55H,28-51H2,1-27H3,(H,71,72,73,76). The topological polar surface area (TPSA) is 119 Å². The number of hydrogen-bond donors (Lipinski definition) is 1. The van der Waals surface area contributed by atoms with Gasteiger partial charge in [0.05, 0.1) is 0 Å². The average molecular weight is 1200 g/mol. The summed E-state index contributed by atoms with van der Waals surface area (Å²) in [5.74, 6) is 4.76. The van der Waals surface area contributed by atoms with E-state index < -0.39 is 0 Å². The van der Waals surface area contributed by atoms with Crippen LogP contribution in [0.3, 0.4) is 0 Å². The van der Waals surface area contributed by atoms with Gasteiger partial charge in [-0.15, -0.1) is 0 Å². The third-order valence-corrected chi connectivity index (χ3v) is 22.0. The van der Waals surface area contributed by atoms with Crippen LogP contribution in [-0.4, -0.2) is 192 Å². The van der Waals surface area contributed by atoms with Crippen LogP contribution in [0.25, 0.3) is 0 Å². The summed E-state index contributed by atoms with van der Waals surface area (Å²) in [6, 6.07) is 1.11. The van der Waals surface area contributed by atoms with Gasteiger partial charge in [-0.3, -0.25) is 19.6 Å². The van der Waals surface area contributed by atoms with Gasteiger partial charge in [0.2, 0.25) is 35.7 Å². The van der Waals surface area contributed by atoms with E-state index in [1.54, 1.807) is 0 Å². The molecule has 0 aromatic carbocycles. The minimum Gasteiger partial charge on any atom is -0.354 e. The van der Waals surface area contributed by atoms with Gasteiger partial charge in [0.25, 0.3) is 0 Å². The first-order valence-corrected chi connectivity index (χ1v) is 34.7. The summed E-state index contributed by atoms with van der Waals surface area (Å²) in [7, 11) is 9.26. The van der Waals surface area contributed by atoms with E-state index in [0.29, 0.717) is 12.5 Å². The molecule has 0 saturated carbocycles. The Morgan fingerprint density at radius 2 is 0.593 bits per heavy atom. The summed E-state index contributed by atoms with van der Waals surface area (Å²) in [6.07, 6.45) is 17.9. The Hall–Kier alpha value is -3.34. The van der Waals surface area contributed by atoms with Crippen LogP contribution in [-0.2, 0) is 0 Å². The Bertz CT molecular complexity index is 2240. The molecule has 4 fully saturated rings. The number of anilines is 6. The van der Waals surface area contributed by atoms with Gasteiger partial charge in [0.1, 0.15) is 0 Å². The SMILES string of the molecule is CCCCN(c1nc(NCCCN(CC(C)(C)C)c2nc(N(CCCC)C3CC(C)(C)N(C)C(C)(C)C3)nc(N(CCCC)C3CC(C)(C)N(C)C(C)(C)C3)n2)nc(N(CCCC)C2CC(C)(C)N(C)C(C)(C)C2)n1)C1CC(C)(C)N(C)C(C)(C)C1. The molecule has 1 N–H and O–H groups in total. The van der Waals surface area contributed by atoms with Crippen LogP contribution in [0.15, 0.2) is 0 Å². The maximum atomic E-state index is 5.75. The second kappa shape index (κ2) is 27.6. The van der Waals surface area contributed by atoms with Gasteiger partial charge >= 0.3 is 0 Å². The highest BCUT2D eigenvalue weighted by Crippen LogP contribution is 2.45. The van der Waals surface area contributed by atoms with Gasteiger partial charge in [-0.1, -0.05) is 74.1 Å². The van der Waals surface area contributed by atoms with E-state index in [9.17, 15) is 0 Å². The van der Waals surface area contributed by atoms with Crippen molar-refractivity contribution in [1.29, 1.82) is 0 Å². The number of piperidine rings is 4. The number of nitrogens with zero attached hydrogens (tertiary/aromatic N) is 15. The monoisotopic (exact) mass is 1200 g/mol. The van der Waals surface area contributed by atoms with Crippen LogP contribution in [0.5, 0.6) is 0 Å². The summed E-state index contributed by atoms with van der Waals surface area (Å²) < 4.78 is 0. The average Bonchev–Trinajstić information content (AvgIpc) is 0.847. The quantitative estimate of drug-likeness (QED) is 0.0854. The van der Waals surface area contributed by atoms with Crippen molar-refractivity contribution in [2.75, 3.05) is 104 Å². The summed E-state index contributed by atoms with van der Waals surface area (Å²) >= 11 is 0. The van der Waals surface area contributed by atoms with Gasteiger partial charge in [-0.25, -0.2) is 0 Å². The second-order valence-electron chi connectivity index (χ2n) is 33.9. The zero-order chi connectivity index (χ0) is 64.4. The molecule has 4 aliphatic rings. The maximum Gasteiger partial charge on any atom is 0.232 e. The van der Waals surface area contributed by atoms with E-state index >= 15 is 0 Å². The molecule has 6 rings (SSSR count). The van der Waals surface area contributed by atoms with Crippen molar-refractivity contribution in [2.45, 2.75) is 337 Å². The first kappa shape index (κ1) is 71.7. The van der Waals surface area contributed by atoms with Gasteiger partial charge < -0.3 is 29.8 Å². The molecule has 4 saturated heterocycles. The van der Waals surface area contributed by atoms with Crippen LogP contribution in [0.1, 0.15) is 268 Å². The fourth-order valence-corrected chi connectivity index (χ4v) is 16.0. The lowest BCUT2D eigenvalue weighted by Gasteiger charge is -2.56. The Kier molecular flexibility index (Phi) is 23.0. The molecule has 16 nitrogen and oxygen atoms in total. The molecule has 0 radical (unpaired) electrons. The van der Waals surface area contributed by atoms with E-state index in [2.05, 4.69) is 237 Å². The van der Waals surface area contributed by atoms with Gasteiger partial charge in [-0.2, -0.15) is 29.9 Å². The molecule has 0 bridgehead atoms. The van der Waals surface area contributed by atoms with Crippen LogP contribution >= 0.6 is 0 Å². The van der Waals surface area contributed by atoms with Gasteiger partial charge in [0.15, 0.2) is 0 Å². The zero-order valence-corrected chi connectivity index (χ0v) is 61.0. The van der Waals surface area contributed by atoms with E-state index in [1.165, 1.54) is 0 Å². The fraction of sp³-hybridized carbons (Fsp3) is 0.914. The zero-order valence-electron chi connectivity index (χ0n) is 61.0. The van der Waals surface area contributed by atoms with E-state index in [1.807, 2.05) is 0 Å². The number of aromatic nitrogens is 6. The number of nitrogens with one attached hydrogen (secondary N) is 1. The molecule has 16 heteroatoms. The normalized spacial score (nSPS) is 22.9. The third kappa shape index (κ3) is 17.2. The van der Waals surface area contributed by atoms with Crippen LogP contribution in [0, 0.1) is 5.41 Å². The molecule has 4 aliphatic heterocycles. The number of hydrogen-bond acceptors (Lipinski definition) is 16. The molecule has 86 heavy (non-hydrogen) atoms.